The first-order valence-corrected chi connectivity index (χ1v) is 3.53. The highest BCUT2D eigenvalue weighted by Gasteiger charge is 1.80. The Bertz CT molecular complexity index is 87.4. The smallest absolute Gasteiger partial charge is 0.300 e. The van der Waals surface area contributed by atoms with Gasteiger partial charge in [-0.1, -0.05) is 0 Å². The molecule has 0 saturated carbocycles. The van der Waals surface area contributed by atoms with Crippen LogP contribution in [0.3, 0.4) is 0 Å². The van der Waals surface area contributed by atoms with E-state index in [0.29, 0.717) is 6.73 Å². The molecular formula is C7H17NO4. The fourth-order valence-electron chi connectivity index (χ4n) is 0.348. The van der Waals surface area contributed by atoms with Gasteiger partial charge in [0, 0.05) is 27.7 Å². The Morgan fingerprint density at radius 2 is 1.92 bits per heavy atom. The van der Waals surface area contributed by atoms with Gasteiger partial charge in [-0.2, -0.15) is 0 Å². The maximum Gasteiger partial charge on any atom is 0.300 e. The number of aliphatic carboxylic acids is 1. The Morgan fingerprint density at radius 1 is 1.42 bits per heavy atom. The molecule has 0 saturated heterocycles. The first-order valence-electron chi connectivity index (χ1n) is 3.53. The van der Waals surface area contributed by atoms with Crippen LogP contribution in [0.15, 0.2) is 0 Å². The van der Waals surface area contributed by atoms with E-state index in [0.717, 1.165) is 20.1 Å². The van der Waals surface area contributed by atoms with Crippen molar-refractivity contribution in [1.82, 2.24) is 5.32 Å². The van der Waals surface area contributed by atoms with Crippen molar-refractivity contribution in [3.8, 4) is 0 Å². The summed E-state index contributed by atoms with van der Waals surface area (Å²) in [6.45, 7) is 3.27. The molecule has 0 spiro atoms. The Hall–Kier alpha value is -0.650. The van der Waals surface area contributed by atoms with Gasteiger partial charge in [-0.3, -0.25) is 10.1 Å². The summed E-state index contributed by atoms with van der Waals surface area (Å²) in [5, 5.41) is 10.4. The Kier molecular flexibility index (Phi) is 15.0. The zero-order valence-electron chi connectivity index (χ0n) is 7.79. The topological polar surface area (TPSA) is 67.8 Å². The van der Waals surface area contributed by atoms with Crippen molar-refractivity contribution in [3.05, 3.63) is 0 Å². The molecule has 0 atom stereocenters. The largest absolute Gasteiger partial charge is 0.481 e. The molecule has 0 radical (unpaired) electrons. The molecule has 0 aliphatic heterocycles. The molecule has 5 nitrogen and oxygen atoms in total. The van der Waals surface area contributed by atoms with Gasteiger partial charge >= 0.3 is 0 Å². The molecule has 0 aliphatic carbocycles. The number of carbonyl (C=O) groups is 1. The molecule has 0 bridgehead atoms. The van der Waals surface area contributed by atoms with E-state index in [1.165, 1.54) is 0 Å². The monoisotopic (exact) mass is 179 g/mol. The van der Waals surface area contributed by atoms with Crippen molar-refractivity contribution in [2.45, 2.75) is 6.92 Å². The average Bonchev–Trinajstić information content (AvgIpc) is 1.97. The molecule has 0 aromatic rings. The van der Waals surface area contributed by atoms with Crippen molar-refractivity contribution in [2.75, 3.05) is 34.1 Å². The van der Waals surface area contributed by atoms with E-state index < -0.39 is 5.97 Å². The summed E-state index contributed by atoms with van der Waals surface area (Å²) in [5.41, 5.74) is 0. The van der Waals surface area contributed by atoms with E-state index in [1.807, 2.05) is 0 Å². The van der Waals surface area contributed by atoms with E-state index in [1.54, 1.807) is 14.2 Å². The van der Waals surface area contributed by atoms with Gasteiger partial charge in [0.05, 0.1) is 13.3 Å². The lowest BCUT2D eigenvalue weighted by Gasteiger charge is -1.99. The number of carboxylic acid groups (broad SMARTS) is 1. The van der Waals surface area contributed by atoms with Crippen LogP contribution in [0.1, 0.15) is 6.92 Å². The molecule has 0 aromatic heterocycles. The van der Waals surface area contributed by atoms with Crippen molar-refractivity contribution >= 4 is 5.97 Å². The minimum atomic E-state index is -0.833. The summed E-state index contributed by atoms with van der Waals surface area (Å²) in [4.78, 5) is 9.00. The third kappa shape index (κ3) is 34.5. The zero-order chi connectivity index (χ0) is 9.82. The number of methoxy groups -OCH3 is 2. The van der Waals surface area contributed by atoms with Crippen molar-refractivity contribution in [1.29, 1.82) is 0 Å². The third-order valence-corrected chi connectivity index (χ3v) is 0.729. The third-order valence-electron chi connectivity index (χ3n) is 0.729. The van der Waals surface area contributed by atoms with Gasteiger partial charge in [0.2, 0.25) is 0 Å². The summed E-state index contributed by atoms with van der Waals surface area (Å²) in [6.07, 6.45) is 0. The molecule has 5 heteroatoms. The number of hydrogen-bond acceptors (Lipinski definition) is 4. The molecule has 0 aliphatic rings. The van der Waals surface area contributed by atoms with E-state index in [2.05, 4.69) is 5.32 Å². The Labute approximate surface area is 72.7 Å². The SMILES string of the molecule is CC(=O)O.COCCNCOC. The summed E-state index contributed by atoms with van der Waals surface area (Å²) >= 11 is 0. The molecule has 2 N–H and O–H groups in total. The molecule has 0 heterocycles. The molecule has 0 aromatic carbocycles. The molecule has 12 heavy (non-hydrogen) atoms. The lowest BCUT2D eigenvalue weighted by molar-refractivity contribution is -0.134. The van der Waals surface area contributed by atoms with E-state index in [9.17, 15) is 0 Å². The van der Waals surface area contributed by atoms with Crippen LogP contribution in [0, 0.1) is 0 Å². The molecule has 0 unspecified atom stereocenters. The number of hydrogen-bond donors (Lipinski definition) is 2. The van der Waals surface area contributed by atoms with Gasteiger partial charge in [0.25, 0.3) is 5.97 Å². The quantitative estimate of drug-likeness (QED) is 0.456. The van der Waals surface area contributed by atoms with E-state index in [4.69, 9.17) is 19.4 Å². The van der Waals surface area contributed by atoms with Gasteiger partial charge in [-0.05, 0) is 0 Å². The lowest BCUT2D eigenvalue weighted by atomic mass is 10.7. The summed E-state index contributed by atoms with van der Waals surface area (Å²) < 4.78 is 9.49. The van der Waals surface area contributed by atoms with Gasteiger partial charge in [-0.15, -0.1) is 0 Å². The Morgan fingerprint density at radius 3 is 2.25 bits per heavy atom. The Balaban J connectivity index is 0. The van der Waals surface area contributed by atoms with Gasteiger partial charge in [-0.25, -0.2) is 0 Å². The fraction of sp³-hybridized carbons (Fsp3) is 0.857. The zero-order valence-corrected chi connectivity index (χ0v) is 7.79. The standard InChI is InChI=1S/C5H13NO2.C2H4O2/c1-7-4-3-6-5-8-2;1-2(3)4/h6H,3-5H2,1-2H3;1H3,(H,3,4). The first-order chi connectivity index (χ1) is 5.65. The van der Waals surface area contributed by atoms with Crippen LogP contribution in [0.25, 0.3) is 0 Å². The first kappa shape index (κ1) is 13.9. The molecule has 74 valence electrons. The minimum absolute atomic E-state index is 0.601. The van der Waals surface area contributed by atoms with Crippen LogP contribution in [-0.4, -0.2) is 45.2 Å². The predicted octanol–water partition coefficient (Wildman–Crippen LogP) is -0.0828. The molecular weight excluding hydrogens is 162 g/mol. The van der Waals surface area contributed by atoms with Crippen molar-refractivity contribution in [2.24, 2.45) is 0 Å². The lowest BCUT2D eigenvalue weighted by Crippen LogP contribution is -2.21. The van der Waals surface area contributed by atoms with E-state index >= 15 is 0 Å². The highest BCUT2D eigenvalue weighted by molar-refractivity contribution is 5.62. The van der Waals surface area contributed by atoms with Crippen molar-refractivity contribution < 1.29 is 19.4 Å². The summed E-state index contributed by atoms with van der Waals surface area (Å²) in [6, 6.07) is 0. The number of carboxylic acids is 1. The van der Waals surface area contributed by atoms with Crippen LogP contribution >= 0.6 is 0 Å². The normalized spacial score (nSPS) is 8.58. The highest BCUT2D eigenvalue weighted by atomic mass is 16.5. The number of rotatable bonds is 5. The second kappa shape index (κ2) is 13.0. The molecule has 0 fully saturated rings. The van der Waals surface area contributed by atoms with Gasteiger partial charge in [0.1, 0.15) is 0 Å². The highest BCUT2D eigenvalue weighted by Crippen LogP contribution is 1.63. The van der Waals surface area contributed by atoms with Crippen LogP contribution in [0.5, 0.6) is 0 Å². The second-order valence-electron chi connectivity index (χ2n) is 1.94. The summed E-state index contributed by atoms with van der Waals surface area (Å²) in [5.74, 6) is -0.833. The number of nitrogens with one attached hydrogen (secondary N) is 1. The maximum atomic E-state index is 9.00. The maximum absolute atomic E-state index is 9.00. The average molecular weight is 179 g/mol. The van der Waals surface area contributed by atoms with Crippen LogP contribution in [-0.2, 0) is 14.3 Å². The molecule has 0 amide bonds. The van der Waals surface area contributed by atoms with E-state index in [-0.39, 0.29) is 0 Å². The predicted molar refractivity (Wildman–Crippen MR) is 45.1 cm³/mol. The van der Waals surface area contributed by atoms with Crippen molar-refractivity contribution in [3.63, 3.8) is 0 Å². The minimum Gasteiger partial charge on any atom is -0.481 e. The second-order valence-corrected chi connectivity index (χ2v) is 1.94. The van der Waals surface area contributed by atoms with Crippen LogP contribution in [0.4, 0.5) is 0 Å². The van der Waals surface area contributed by atoms with Crippen LogP contribution in [0.2, 0.25) is 0 Å². The van der Waals surface area contributed by atoms with Gasteiger partial charge in [0.15, 0.2) is 0 Å². The molecule has 0 rings (SSSR count). The summed E-state index contributed by atoms with van der Waals surface area (Å²) in [7, 11) is 3.33. The number of ether oxygens (including phenoxy) is 2. The van der Waals surface area contributed by atoms with Crippen LogP contribution < -0.4 is 5.32 Å². The van der Waals surface area contributed by atoms with Gasteiger partial charge < -0.3 is 14.6 Å². The fourth-order valence-corrected chi connectivity index (χ4v) is 0.348.